The molecule has 0 atom stereocenters. The maximum Gasteiger partial charge on any atom is 0.102 e. The van der Waals surface area contributed by atoms with E-state index < -0.39 is 17.9 Å². The van der Waals surface area contributed by atoms with Crippen molar-refractivity contribution in [1.82, 2.24) is 3.90 Å². The monoisotopic (exact) mass is 305 g/mol. The van der Waals surface area contributed by atoms with Gasteiger partial charge >= 0.3 is 0 Å². The van der Waals surface area contributed by atoms with E-state index in [2.05, 4.69) is 59.3 Å². The standard InChI is InChI=1S/C12H35NSi4/c1-9(2)16(10(3)4)13(15-14)17(11(5)6)12(7)8/h9-12,16-17H,15H2,1-8,14H3. The molecule has 0 saturated heterocycles. The van der Waals surface area contributed by atoms with Crippen LogP contribution in [0.2, 0.25) is 22.2 Å². The summed E-state index contributed by atoms with van der Waals surface area (Å²) in [7, 11) is 0.295. The van der Waals surface area contributed by atoms with Crippen LogP contribution in [0.3, 0.4) is 0 Å². The number of hydrogen-bond acceptors (Lipinski definition) is 1. The van der Waals surface area contributed by atoms with E-state index in [-0.39, 0.29) is 9.20 Å². The van der Waals surface area contributed by atoms with E-state index in [0.29, 0.717) is 0 Å². The van der Waals surface area contributed by atoms with Gasteiger partial charge in [0.05, 0.1) is 9.20 Å². The Bertz CT molecular complexity index is 171. The van der Waals surface area contributed by atoms with Crippen LogP contribution in [0, 0.1) is 0 Å². The second-order valence-electron chi connectivity index (χ2n) is 6.79. The van der Waals surface area contributed by atoms with Crippen molar-refractivity contribution in [3.8, 4) is 0 Å². The van der Waals surface area contributed by atoms with Gasteiger partial charge < -0.3 is 3.90 Å². The van der Waals surface area contributed by atoms with Crippen molar-refractivity contribution in [2.75, 3.05) is 0 Å². The van der Waals surface area contributed by atoms with Crippen molar-refractivity contribution in [3.05, 3.63) is 0 Å². The Labute approximate surface area is 118 Å². The zero-order chi connectivity index (χ0) is 13.7. The van der Waals surface area contributed by atoms with Gasteiger partial charge in [0, 0.05) is 9.76 Å². The van der Waals surface area contributed by atoms with E-state index >= 15 is 0 Å². The van der Waals surface area contributed by atoms with Gasteiger partial charge in [0.2, 0.25) is 0 Å². The van der Waals surface area contributed by atoms with Gasteiger partial charge in [-0.2, -0.15) is 0 Å². The molecule has 0 heterocycles. The van der Waals surface area contributed by atoms with Crippen LogP contribution in [0.25, 0.3) is 0 Å². The molecule has 0 aliphatic carbocycles. The van der Waals surface area contributed by atoms with Crippen LogP contribution in [0.15, 0.2) is 0 Å². The molecule has 0 radical (unpaired) electrons. The average Bonchev–Trinajstić information content (AvgIpc) is 2.13. The molecule has 0 bridgehead atoms. The Hall–Kier alpha value is 0.828. The Morgan fingerprint density at radius 3 is 1.06 bits per heavy atom. The summed E-state index contributed by atoms with van der Waals surface area (Å²) in [5, 5.41) is 0. The highest BCUT2D eigenvalue weighted by Crippen LogP contribution is 2.30. The fourth-order valence-corrected chi connectivity index (χ4v) is 31.6. The third-order valence-electron chi connectivity index (χ3n) is 3.86. The molecule has 0 rings (SSSR count). The zero-order valence-corrected chi connectivity index (χ0v) is 19.3. The smallest absolute Gasteiger partial charge is 0.102 e. The van der Waals surface area contributed by atoms with E-state index in [1.54, 1.807) is 0 Å². The molecule has 0 amide bonds. The van der Waals surface area contributed by atoms with Crippen molar-refractivity contribution in [3.63, 3.8) is 0 Å². The van der Waals surface area contributed by atoms with Gasteiger partial charge in [0.1, 0.15) is 17.9 Å². The van der Waals surface area contributed by atoms with Crippen molar-refractivity contribution in [2.45, 2.75) is 77.6 Å². The van der Waals surface area contributed by atoms with Gasteiger partial charge in [0.25, 0.3) is 0 Å². The molecule has 0 saturated carbocycles. The van der Waals surface area contributed by atoms with Crippen LogP contribution in [-0.4, -0.2) is 40.8 Å². The van der Waals surface area contributed by atoms with Crippen LogP contribution in [-0.2, 0) is 0 Å². The molecule has 0 aliphatic rings. The first-order valence-electron chi connectivity index (χ1n) is 7.49. The zero-order valence-electron chi connectivity index (χ0n) is 13.6. The quantitative estimate of drug-likeness (QED) is 0.648. The topological polar surface area (TPSA) is 3.24 Å². The van der Waals surface area contributed by atoms with E-state index in [4.69, 9.17) is 0 Å². The second kappa shape index (κ2) is 8.09. The lowest BCUT2D eigenvalue weighted by Gasteiger charge is -2.44. The summed E-state index contributed by atoms with van der Waals surface area (Å²) in [5.41, 5.74) is 3.85. The number of nitrogens with zero attached hydrogens (tertiary/aromatic N) is 1. The van der Waals surface area contributed by atoms with Crippen LogP contribution in [0.1, 0.15) is 55.4 Å². The highest BCUT2D eigenvalue weighted by atomic mass is 29.1. The summed E-state index contributed by atoms with van der Waals surface area (Å²) in [6.07, 6.45) is 0. The molecule has 0 aromatic carbocycles. The lowest BCUT2D eigenvalue weighted by atomic mass is 10.5. The van der Waals surface area contributed by atoms with Crippen LogP contribution >= 0.6 is 0 Å². The highest BCUT2D eigenvalue weighted by molar-refractivity contribution is 6.99. The first-order chi connectivity index (χ1) is 7.73. The third-order valence-corrected chi connectivity index (χ3v) is 24.9. The lowest BCUT2D eigenvalue weighted by Crippen LogP contribution is -2.56. The van der Waals surface area contributed by atoms with Crippen molar-refractivity contribution < 1.29 is 0 Å². The fraction of sp³-hybridized carbons (Fsp3) is 1.00. The predicted octanol–water partition coefficient (Wildman–Crippen LogP) is 1.74. The highest BCUT2D eigenvalue weighted by Gasteiger charge is 2.34. The Balaban J connectivity index is 5.11. The maximum absolute atomic E-state index is 3.23. The summed E-state index contributed by atoms with van der Waals surface area (Å²) >= 11 is 0. The van der Waals surface area contributed by atoms with Gasteiger partial charge in [-0.1, -0.05) is 55.4 Å². The van der Waals surface area contributed by atoms with Gasteiger partial charge in [-0.25, -0.2) is 0 Å². The van der Waals surface area contributed by atoms with Crippen LogP contribution in [0.5, 0.6) is 0 Å². The van der Waals surface area contributed by atoms with Crippen LogP contribution < -0.4 is 0 Å². The minimum atomic E-state index is -0.674. The lowest BCUT2D eigenvalue weighted by molar-refractivity contribution is 0.777. The first kappa shape index (κ1) is 17.8. The van der Waals surface area contributed by atoms with Crippen LogP contribution in [0.4, 0.5) is 0 Å². The average molecular weight is 306 g/mol. The normalized spacial score (nSPS) is 14.3. The summed E-state index contributed by atoms with van der Waals surface area (Å²) in [4.78, 5) is 0. The second-order valence-corrected chi connectivity index (χ2v) is 20.7. The molecule has 17 heavy (non-hydrogen) atoms. The molecular weight excluding hydrogens is 270 g/mol. The van der Waals surface area contributed by atoms with Gasteiger partial charge in [-0.05, 0) is 22.2 Å². The van der Waals surface area contributed by atoms with Gasteiger partial charge in [0.15, 0.2) is 0 Å². The minimum Gasteiger partial charge on any atom is -0.379 e. The molecule has 0 aromatic heterocycles. The molecule has 1 nitrogen and oxygen atoms in total. The maximum atomic E-state index is 3.23. The van der Waals surface area contributed by atoms with Gasteiger partial charge in [-0.3, -0.25) is 0 Å². The Morgan fingerprint density at radius 2 is 0.941 bits per heavy atom. The number of rotatable bonds is 7. The predicted molar refractivity (Wildman–Crippen MR) is 95.0 cm³/mol. The van der Waals surface area contributed by atoms with Crippen molar-refractivity contribution in [1.29, 1.82) is 0 Å². The largest absolute Gasteiger partial charge is 0.379 e. The first-order valence-corrected chi connectivity index (χ1v) is 17.5. The van der Waals surface area contributed by atoms with E-state index in [1.807, 2.05) is 0 Å². The molecule has 5 heteroatoms. The fourth-order valence-electron chi connectivity index (χ4n) is 3.69. The Morgan fingerprint density at radius 1 is 0.706 bits per heavy atom. The Kier molecular flexibility index (Phi) is 8.48. The summed E-state index contributed by atoms with van der Waals surface area (Å²) in [5.74, 6) is 0. The van der Waals surface area contributed by atoms with Gasteiger partial charge in [-0.15, -0.1) is 0 Å². The SMILES string of the molecule is CC(C)[SiH](C(C)C)N([SiH2][SiH3])[SiH](C(C)C)C(C)C. The van der Waals surface area contributed by atoms with E-state index in [0.717, 1.165) is 22.2 Å². The van der Waals surface area contributed by atoms with E-state index in [9.17, 15) is 0 Å². The third kappa shape index (κ3) is 5.14. The molecular formula is C12H35NSi4. The molecule has 0 aliphatic heterocycles. The summed E-state index contributed by atoms with van der Waals surface area (Å²) < 4.78 is 3.23. The molecule has 0 N–H and O–H groups in total. The van der Waals surface area contributed by atoms with E-state index in [1.165, 1.54) is 9.76 Å². The number of hydrogen-bond donors (Lipinski definition) is 0. The molecule has 0 spiro atoms. The van der Waals surface area contributed by atoms with Crippen molar-refractivity contribution >= 4 is 36.9 Å². The van der Waals surface area contributed by atoms with Crippen molar-refractivity contribution in [2.24, 2.45) is 0 Å². The molecule has 0 aromatic rings. The molecule has 104 valence electrons. The molecule has 0 unspecified atom stereocenters. The summed E-state index contributed by atoms with van der Waals surface area (Å²) in [6.45, 7) is 19.9. The minimum absolute atomic E-state index is 0.158. The summed E-state index contributed by atoms with van der Waals surface area (Å²) in [6, 6.07) is 0. The molecule has 0 fully saturated rings.